The van der Waals surface area contributed by atoms with Gasteiger partial charge in [0.05, 0.1) is 12.7 Å². The summed E-state index contributed by atoms with van der Waals surface area (Å²) in [5.74, 6) is -0.582. The average molecular weight is 254 g/mol. The highest BCUT2D eigenvalue weighted by Crippen LogP contribution is 2.33. The predicted molar refractivity (Wildman–Crippen MR) is 58.2 cm³/mol. The van der Waals surface area contributed by atoms with Crippen molar-refractivity contribution in [2.24, 2.45) is 0 Å². The van der Waals surface area contributed by atoms with Crippen LogP contribution in [0.5, 0.6) is 0 Å². The molecule has 0 saturated carbocycles. The summed E-state index contributed by atoms with van der Waals surface area (Å²) >= 11 is 0. The van der Waals surface area contributed by atoms with Crippen LogP contribution in [0.1, 0.15) is 19.8 Å². The van der Waals surface area contributed by atoms with E-state index in [2.05, 4.69) is 0 Å². The molecule has 1 amide bonds. The number of carbonyl (C=O) groups excluding carboxylic acids is 1. The second kappa shape index (κ2) is 7.76. The lowest BCUT2D eigenvalue weighted by atomic mass is 10.3. The first-order valence-corrected chi connectivity index (χ1v) is 6.88. The highest BCUT2D eigenvalue weighted by molar-refractivity contribution is 7.51. The minimum atomic E-state index is -4.04. The maximum absolute atomic E-state index is 10.9. The number of amides is 1. The van der Waals surface area contributed by atoms with Crippen LogP contribution in [0.2, 0.25) is 0 Å². The average Bonchev–Trinajstić information content (AvgIpc) is 2.20. The fourth-order valence-electron chi connectivity index (χ4n) is 1.16. The molecule has 0 spiro atoms. The highest BCUT2D eigenvalue weighted by atomic mass is 31.2. The molecule has 16 heavy (non-hydrogen) atoms. The molecule has 0 fully saturated rings. The lowest BCUT2D eigenvalue weighted by molar-refractivity contribution is -0.130. The zero-order chi connectivity index (χ0) is 12.6. The number of hydroxylamine groups is 1. The molecule has 0 aliphatic carbocycles. The quantitative estimate of drug-likeness (QED) is 0.270. The number of hydrogen-bond donors (Lipinski definition) is 4. The van der Waals surface area contributed by atoms with Gasteiger partial charge in [0.25, 0.3) is 5.91 Å². The third-order valence-corrected chi connectivity index (χ3v) is 2.81. The second-order valence-electron chi connectivity index (χ2n) is 3.55. The smallest absolute Gasteiger partial charge is 0.324 e. The molecule has 96 valence electrons. The monoisotopic (exact) mass is 254 g/mol. The molecule has 7 nitrogen and oxygen atoms in total. The minimum Gasteiger partial charge on any atom is -0.324 e. The Balaban J connectivity index is 4.09. The van der Waals surface area contributed by atoms with Gasteiger partial charge in [0.2, 0.25) is 0 Å². The van der Waals surface area contributed by atoms with E-state index in [1.165, 1.54) is 5.48 Å². The van der Waals surface area contributed by atoms with Crippen molar-refractivity contribution in [1.82, 2.24) is 10.4 Å². The van der Waals surface area contributed by atoms with E-state index in [4.69, 9.17) is 15.0 Å². The van der Waals surface area contributed by atoms with Crippen LogP contribution < -0.4 is 5.48 Å². The van der Waals surface area contributed by atoms with Crippen LogP contribution >= 0.6 is 7.60 Å². The van der Waals surface area contributed by atoms with E-state index in [9.17, 15) is 9.36 Å². The fraction of sp³-hybridized carbons (Fsp3) is 0.875. The van der Waals surface area contributed by atoms with Crippen LogP contribution in [0.25, 0.3) is 0 Å². The Morgan fingerprint density at radius 1 is 1.38 bits per heavy atom. The molecular weight excluding hydrogens is 235 g/mol. The second-order valence-corrected chi connectivity index (χ2v) is 5.33. The Kier molecular flexibility index (Phi) is 7.53. The highest BCUT2D eigenvalue weighted by Gasteiger charge is 2.17. The van der Waals surface area contributed by atoms with Gasteiger partial charge in [-0.3, -0.25) is 19.5 Å². The Morgan fingerprint density at radius 2 is 2.00 bits per heavy atom. The van der Waals surface area contributed by atoms with Gasteiger partial charge in [-0.1, -0.05) is 13.3 Å². The van der Waals surface area contributed by atoms with Crippen molar-refractivity contribution < 1.29 is 24.4 Å². The number of nitrogens with zero attached hydrogens (tertiary/aromatic N) is 1. The molecule has 0 rings (SSSR count). The molecule has 0 aromatic rings. The van der Waals surface area contributed by atoms with Crippen molar-refractivity contribution in [3.05, 3.63) is 0 Å². The van der Waals surface area contributed by atoms with Crippen LogP contribution in [0.15, 0.2) is 0 Å². The van der Waals surface area contributed by atoms with Crippen LogP contribution in [0.4, 0.5) is 0 Å². The number of carbonyl (C=O) groups is 1. The van der Waals surface area contributed by atoms with E-state index >= 15 is 0 Å². The van der Waals surface area contributed by atoms with E-state index in [-0.39, 0.29) is 19.3 Å². The maximum Gasteiger partial charge on any atom is 0.326 e. The molecule has 0 atom stereocenters. The van der Waals surface area contributed by atoms with Gasteiger partial charge in [0, 0.05) is 6.54 Å². The summed E-state index contributed by atoms with van der Waals surface area (Å²) in [4.78, 5) is 30.0. The minimum absolute atomic E-state index is 0.0590. The zero-order valence-electron chi connectivity index (χ0n) is 9.30. The Hall–Kier alpha value is -0.460. The van der Waals surface area contributed by atoms with E-state index in [0.29, 0.717) is 6.54 Å². The van der Waals surface area contributed by atoms with Gasteiger partial charge < -0.3 is 9.79 Å². The summed E-state index contributed by atoms with van der Waals surface area (Å²) in [6.45, 7) is 2.63. The van der Waals surface area contributed by atoms with Gasteiger partial charge in [0.15, 0.2) is 0 Å². The van der Waals surface area contributed by atoms with Crippen LogP contribution in [0.3, 0.4) is 0 Å². The third-order valence-electron chi connectivity index (χ3n) is 2.03. The molecule has 4 N–H and O–H groups in total. The van der Waals surface area contributed by atoms with Gasteiger partial charge >= 0.3 is 7.60 Å². The SMILES string of the molecule is CCCCN(CCP(=O)(O)O)CC(=O)NO. The van der Waals surface area contributed by atoms with Crippen molar-refractivity contribution in [2.75, 3.05) is 25.8 Å². The Bertz CT molecular complexity index is 255. The molecule has 0 aromatic carbocycles. The van der Waals surface area contributed by atoms with Gasteiger partial charge in [-0.2, -0.15) is 0 Å². The Labute approximate surface area is 94.6 Å². The van der Waals surface area contributed by atoms with Crippen molar-refractivity contribution in [3.8, 4) is 0 Å². The molecule has 8 heteroatoms. The van der Waals surface area contributed by atoms with Crippen LogP contribution in [-0.2, 0) is 9.36 Å². The van der Waals surface area contributed by atoms with Gasteiger partial charge in [0.1, 0.15) is 0 Å². The van der Waals surface area contributed by atoms with E-state index in [1.807, 2.05) is 6.92 Å². The van der Waals surface area contributed by atoms with Crippen molar-refractivity contribution in [1.29, 1.82) is 0 Å². The first-order valence-electron chi connectivity index (χ1n) is 5.09. The summed E-state index contributed by atoms with van der Waals surface area (Å²) in [7, 11) is -4.04. The molecule has 0 saturated heterocycles. The fourth-order valence-corrected chi connectivity index (χ4v) is 1.71. The standard InChI is InChI=1S/C8H19N2O5P/c1-2-3-4-10(7-8(11)9-12)5-6-16(13,14)15/h12H,2-7H2,1H3,(H,9,11)(H2,13,14,15). The molecule has 0 aliphatic heterocycles. The topological polar surface area (TPSA) is 110 Å². The normalized spacial score (nSPS) is 11.8. The predicted octanol–water partition coefficient (Wildman–Crippen LogP) is -0.228. The van der Waals surface area contributed by atoms with Crippen molar-refractivity contribution >= 4 is 13.5 Å². The van der Waals surface area contributed by atoms with E-state index in [1.54, 1.807) is 4.90 Å². The van der Waals surface area contributed by atoms with Crippen LogP contribution in [0, 0.1) is 0 Å². The molecule has 0 unspecified atom stereocenters. The summed E-state index contributed by atoms with van der Waals surface area (Å²) < 4.78 is 10.7. The summed E-state index contributed by atoms with van der Waals surface area (Å²) in [6.07, 6.45) is 1.47. The van der Waals surface area contributed by atoms with Crippen molar-refractivity contribution in [2.45, 2.75) is 19.8 Å². The van der Waals surface area contributed by atoms with E-state index in [0.717, 1.165) is 12.8 Å². The third kappa shape index (κ3) is 8.82. The molecular formula is C8H19N2O5P. The lowest BCUT2D eigenvalue weighted by Crippen LogP contribution is -2.38. The van der Waals surface area contributed by atoms with E-state index < -0.39 is 13.5 Å². The maximum atomic E-state index is 10.9. The lowest BCUT2D eigenvalue weighted by Gasteiger charge is -2.20. The Morgan fingerprint density at radius 3 is 2.44 bits per heavy atom. The van der Waals surface area contributed by atoms with Crippen molar-refractivity contribution in [3.63, 3.8) is 0 Å². The number of hydrogen-bond acceptors (Lipinski definition) is 4. The number of rotatable bonds is 8. The first-order chi connectivity index (χ1) is 7.39. The largest absolute Gasteiger partial charge is 0.326 e. The summed E-state index contributed by atoms with van der Waals surface area (Å²) in [5.41, 5.74) is 1.49. The van der Waals surface area contributed by atoms with Gasteiger partial charge in [-0.25, -0.2) is 5.48 Å². The first kappa shape index (κ1) is 15.5. The number of nitrogens with one attached hydrogen (secondary N) is 1. The van der Waals surface area contributed by atoms with Gasteiger partial charge in [-0.15, -0.1) is 0 Å². The van der Waals surface area contributed by atoms with Gasteiger partial charge in [-0.05, 0) is 13.0 Å². The number of unbranched alkanes of at least 4 members (excludes halogenated alkanes) is 1. The zero-order valence-corrected chi connectivity index (χ0v) is 10.2. The molecule has 0 aromatic heterocycles. The summed E-state index contributed by atoms with van der Waals surface area (Å²) in [6, 6.07) is 0. The molecule has 0 heterocycles. The molecule has 0 aliphatic rings. The molecule has 0 radical (unpaired) electrons. The van der Waals surface area contributed by atoms with Crippen LogP contribution in [-0.4, -0.2) is 51.6 Å². The summed E-state index contributed by atoms with van der Waals surface area (Å²) in [5, 5.41) is 8.36. The molecule has 0 bridgehead atoms.